The van der Waals surface area contributed by atoms with Crippen LogP contribution in [0.2, 0.25) is 10.2 Å². The Morgan fingerprint density at radius 1 is 1.53 bits per heavy atom. The molecule has 0 amide bonds. The number of aliphatic hydroxyl groups is 1. The van der Waals surface area contributed by atoms with Crippen molar-refractivity contribution in [2.75, 3.05) is 6.54 Å². The minimum atomic E-state index is -3.81. The van der Waals surface area contributed by atoms with E-state index in [1.807, 2.05) is 0 Å². The van der Waals surface area contributed by atoms with Crippen LogP contribution in [-0.4, -0.2) is 31.2 Å². The zero-order chi connectivity index (χ0) is 13.1. The van der Waals surface area contributed by atoms with E-state index in [9.17, 15) is 13.5 Å². The molecule has 0 saturated carbocycles. The predicted molar refractivity (Wildman–Crippen MR) is 65.7 cm³/mol. The highest BCUT2D eigenvalue weighted by molar-refractivity contribution is 7.89. The van der Waals surface area contributed by atoms with Gasteiger partial charge in [-0.05, 0) is 12.5 Å². The summed E-state index contributed by atoms with van der Waals surface area (Å²) in [5.74, 6) is 0. The molecule has 0 aliphatic heterocycles. The second-order valence-corrected chi connectivity index (χ2v) is 5.89. The fourth-order valence-corrected chi connectivity index (χ4v) is 2.77. The Bertz CT molecular complexity index is 493. The molecule has 0 bridgehead atoms. The number of aliphatic hydroxyl groups excluding tert-OH is 1. The lowest BCUT2D eigenvalue weighted by Gasteiger charge is -2.11. The first-order chi connectivity index (χ1) is 7.86. The van der Waals surface area contributed by atoms with Crippen LogP contribution in [0.15, 0.2) is 17.2 Å². The van der Waals surface area contributed by atoms with Crippen molar-refractivity contribution in [3.63, 3.8) is 0 Å². The SMILES string of the molecule is CC[C@@H](O)CNS(=O)(=O)c1cc(Cl)cnc1Cl. The Morgan fingerprint density at radius 2 is 2.18 bits per heavy atom. The normalized spacial score (nSPS) is 13.6. The third kappa shape index (κ3) is 4.08. The largest absolute Gasteiger partial charge is 0.392 e. The topological polar surface area (TPSA) is 79.3 Å². The van der Waals surface area contributed by atoms with Gasteiger partial charge in [-0.25, -0.2) is 18.1 Å². The molecule has 0 fully saturated rings. The molecule has 1 aromatic heterocycles. The Hall–Kier alpha value is -0.400. The number of aromatic nitrogens is 1. The van der Waals surface area contributed by atoms with E-state index in [0.29, 0.717) is 6.42 Å². The molecule has 0 spiro atoms. The van der Waals surface area contributed by atoms with E-state index in [2.05, 4.69) is 9.71 Å². The van der Waals surface area contributed by atoms with Crippen LogP contribution in [0.5, 0.6) is 0 Å². The van der Waals surface area contributed by atoms with Gasteiger partial charge >= 0.3 is 0 Å². The van der Waals surface area contributed by atoms with Gasteiger partial charge in [0.2, 0.25) is 10.0 Å². The molecule has 0 radical (unpaired) electrons. The average Bonchev–Trinajstić information content (AvgIpc) is 2.29. The van der Waals surface area contributed by atoms with Crippen LogP contribution in [0, 0.1) is 0 Å². The first kappa shape index (κ1) is 14.7. The molecule has 5 nitrogen and oxygen atoms in total. The van der Waals surface area contributed by atoms with Gasteiger partial charge in [0, 0.05) is 12.7 Å². The van der Waals surface area contributed by atoms with Gasteiger partial charge in [-0.1, -0.05) is 30.1 Å². The Labute approximate surface area is 110 Å². The molecule has 17 heavy (non-hydrogen) atoms. The molecular weight excluding hydrogens is 287 g/mol. The van der Waals surface area contributed by atoms with Crippen molar-refractivity contribution < 1.29 is 13.5 Å². The van der Waals surface area contributed by atoms with Gasteiger partial charge in [-0.3, -0.25) is 0 Å². The van der Waals surface area contributed by atoms with E-state index < -0.39 is 16.1 Å². The molecule has 0 aliphatic rings. The highest BCUT2D eigenvalue weighted by Crippen LogP contribution is 2.22. The Kier molecular flexibility index (Phi) is 5.15. The summed E-state index contributed by atoms with van der Waals surface area (Å²) in [6.07, 6.45) is 0.962. The van der Waals surface area contributed by atoms with Gasteiger partial charge in [0.1, 0.15) is 10.0 Å². The van der Waals surface area contributed by atoms with Gasteiger partial charge in [0.25, 0.3) is 0 Å². The Morgan fingerprint density at radius 3 is 2.76 bits per heavy atom. The molecule has 8 heteroatoms. The summed E-state index contributed by atoms with van der Waals surface area (Å²) in [4.78, 5) is 3.44. The van der Waals surface area contributed by atoms with Crippen LogP contribution >= 0.6 is 23.2 Å². The van der Waals surface area contributed by atoms with Crippen molar-refractivity contribution in [3.8, 4) is 0 Å². The highest BCUT2D eigenvalue weighted by Gasteiger charge is 2.20. The quantitative estimate of drug-likeness (QED) is 0.806. The summed E-state index contributed by atoms with van der Waals surface area (Å²) in [7, 11) is -3.81. The van der Waals surface area contributed by atoms with Gasteiger partial charge < -0.3 is 5.11 Å². The van der Waals surface area contributed by atoms with Gasteiger partial charge in [0.05, 0.1) is 11.1 Å². The van der Waals surface area contributed by atoms with Crippen molar-refractivity contribution in [2.24, 2.45) is 0 Å². The fourth-order valence-electron chi connectivity index (χ4n) is 1.02. The summed E-state index contributed by atoms with van der Waals surface area (Å²) in [6.45, 7) is 1.66. The number of rotatable bonds is 5. The van der Waals surface area contributed by atoms with Gasteiger partial charge in [-0.2, -0.15) is 0 Å². The number of halogens is 2. The summed E-state index contributed by atoms with van der Waals surface area (Å²) in [5, 5.41) is 9.30. The molecule has 0 aromatic carbocycles. The van der Waals surface area contributed by atoms with Crippen LogP contribution in [0.4, 0.5) is 0 Å². The van der Waals surface area contributed by atoms with Crippen molar-refractivity contribution in [2.45, 2.75) is 24.3 Å². The molecule has 1 rings (SSSR count). The Balaban J connectivity index is 2.93. The minimum Gasteiger partial charge on any atom is -0.392 e. The molecule has 0 aliphatic carbocycles. The van der Waals surface area contributed by atoms with Crippen molar-refractivity contribution in [1.82, 2.24) is 9.71 Å². The minimum absolute atomic E-state index is 0.0817. The van der Waals surface area contributed by atoms with Crippen LogP contribution < -0.4 is 4.72 Å². The summed E-state index contributed by atoms with van der Waals surface area (Å²) in [6, 6.07) is 1.21. The monoisotopic (exact) mass is 298 g/mol. The number of nitrogens with one attached hydrogen (secondary N) is 1. The zero-order valence-electron chi connectivity index (χ0n) is 9.02. The number of sulfonamides is 1. The first-order valence-corrected chi connectivity index (χ1v) is 7.09. The van der Waals surface area contributed by atoms with Crippen molar-refractivity contribution >= 4 is 33.2 Å². The standard InChI is InChI=1S/C9H12Cl2N2O3S/c1-2-7(14)5-13-17(15,16)8-3-6(10)4-12-9(8)11/h3-4,7,13-14H,2,5H2,1H3/t7-/m1/s1. The molecule has 1 atom stereocenters. The fraction of sp³-hybridized carbons (Fsp3) is 0.444. The lowest BCUT2D eigenvalue weighted by atomic mass is 10.3. The maximum atomic E-state index is 11.8. The van der Waals surface area contributed by atoms with E-state index in [0.717, 1.165) is 0 Å². The lowest BCUT2D eigenvalue weighted by molar-refractivity contribution is 0.174. The van der Waals surface area contributed by atoms with E-state index in [1.165, 1.54) is 12.3 Å². The van der Waals surface area contributed by atoms with Gasteiger partial charge in [0.15, 0.2) is 0 Å². The van der Waals surface area contributed by atoms with Crippen molar-refractivity contribution in [3.05, 3.63) is 22.4 Å². The van der Waals surface area contributed by atoms with Crippen LogP contribution in [0.25, 0.3) is 0 Å². The molecular formula is C9H12Cl2N2O3S. The highest BCUT2D eigenvalue weighted by atomic mass is 35.5. The van der Waals surface area contributed by atoms with Gasteiger partial charge in [-0.15, -0.1) is 0 Å². The zero-order valence-corrected chi connectivity index (χ0v) is 11.3. The van der Waals surface area contributed by atoms with E-state index in [1.54, 1.807) is 6.92 Å². The summed E-state index contributed by atoms with van der Waals surface area (Å²) >= 11 is 11.3. The maximum Gasteiger partial charge on any atom is 0.243 e. The number of nitrogens with zero attached hydrogens (tertiary/aromatic N) is 1. The van der Waals surface area contributed by atoms with E-state index in [-0.39, 0.29) is 21.6 Å². The van der Waals surface area contributed by atoms with E-state index >= 15 is 0 Å². The van der Waals surface area contributed by atoms with Crippen LogP contribution in [0.3, 0.4) is 0 Å². The second-order valence-electron chi connectivity index (χ2n) is 3.36. The molecule has 0 saturated heterocycles. The maximum absolute atomic E-state index is 11.8. The van der Waals surface area contributed by atoms with Crippen molar-refractivity contribution in [1.29, 1.82) is 0 Å². The predicted octanol–water partition coefficient (Wildman–Crippen LogP) is 1.44. The number of hydrogen-bond acceptors (Lipinski definition) is 4. The number of hydrogen-bond donors (Lipinski definition) is 2. The van der Waals surface area contributed by atoms with E-state index in [4.69, 9.17) is 23.2 Å². The smallest absolute Gasteiger partial charge is 0.243 e. The first-order valence-electron chi connectivity index (χ1n) is 4.85. The third-order valence-electron chi connectivity index (χ3n) is 2.04. The lowest BCUT2D eigenvalue weighted by Crippen LogP contribution is -2.32. The molecule has 1 heterocycles. The third-order valence-corrected chi connectivity index (χ3v) is 4.10. The van der Waals surface area contributed by atoms with Crippen LogP contribution in [-0.2, 0) is 10.0 Å². The molecule has 0 unspecified atom stereocenters. The molecule has 2 N–H and O–H groups in total. The number of pyridine rings is 1. The second kappa shape index (κ2) is 5.97. The van der Waals surface area contributed by atoms with Crippen LogP contribution in [0.1, 0.15) is 13.3 Å². The molecule has 1 aromatic rings. The summed E-state index contributed by atoms with van der Waals surface area (Å²) < 4.78 is 25.9. The summed E-state index contributed by atoms with van der Waals surface area (Å²) in [5.41, 5.74) is 0. The molecule has 96 valence electrons. The average molecular weight is 299 g/mol.